The molecule has 7 heteroatoms. The first-order valence-corrected chi connectivity index (χ1v) is 8.17. The highest BCUT2D eigenvalue weighted by atomic mass is 19.4. The van der Waals surface area contributed by atoms with Crippen LogP contribution < -0.4 is 4.74 Å². The zero-order valence-electron chi connectivity index (χ0n) is 14.0. The lowest BCUT2D eigenvalue weighted by Crippen LogP contribution is -2.04. The van der Waals surface area contributed by atoms with Gasteiger partial charge in [0, 0.05) is 6.20 Å². The van der Waals surface area contributed by atoms with Gasteiger partial charge in [0.05, 0.1) is 17.9 Å². The third-order valence-electron chi connectivity index (χ3n) is 3.45. The van der Waals surface area contributed by atoms with Gasteiger partial charge in [0.1, 0.15) is 5.75 Å². The van der Waals surface area contributed by atoms with Gasteiger partial charge in [-0.1, -0.05) is 26.2 Å². The number of hydrogen-bond donors (Lipinski definition) is 0. The molecule has 1 aromatic heterocycles. The first kappa shape index (κ1) is 18.9. The average Bonchev–Trinajstić information content (AvgIpc) is 2.60. The van der Waals surface area contributed by atoms with Crippen molar-refractivity contribution in [3.05, 3.63) is 48.2 Å². The van der Waals surface area contributed by atoms with E-state index in [-0.39, 0.29) is 5.82 Å². The van der Waals surface area contributed by atoms with Gasteiger partial charge >= 0.3 is 6.18 Å². The summed E-state index contributed by atoms with van der Waals surface area (Å²) in [5.41, 5.74) is -0.244. The van der Waals surface area contributed by atoms with Gasteiger partial charge in [0.15, 0.2) is 5.82 Å². The van der Waals surface area contributed by atoms with Crippen molar-refractivity contribution in [3.8, 4) is 5.75 Å². The van der Waals surface area contributed by atoms with Crippen LogP contribution in [0.2, 0.25) is 0 Å². The van der Waals surface area contributed by atoms with Crippen LogP contribution >= 0.6 is 0 Å². The zero-order valence-corrected chi connectivity index (χ0v) is 14.0. The lowest BCUT2D eigenvalue weighted by atomic mass is 10.2. The normalized spacial score (nSPS) is 11.8. The minimum atomic E-state index is -4.41. The minimum absolute atomic E-state index is 0.115. The molecule has 0 fully saturated rings. The van der Waals surface area contributed by atoms with Gasteiger partial charge < -0.3 is 4.74 Å². The summed E-state index contributed by atoms with van der Waals surface area (Å²) in [5, 5.41) is 7.79. The molecule has 0 radical (unpaired) electrons. The van der Waals surface area contributed by atoms with E-state index in [1.165, 1.54) is 18.9 Å². The molecule has 1 heterocycles. The van der Waals surface area contributed by atoms with Crippen LogP contribution in [0.5, 0.6) is 5.75 Å². The molecule has 2 aromatic rings. The number of aromatic nitrogens is 1. The van der Waals surface area contributed by atoms with Crippen LogP contribution in [0.1, 0.15) is 38.2 Å². The number of halogens is 3. The quantitative estimate of drug-likeness (QED) is 0.404. The topological polar surface area (TPSA) is 46.8 Å². The Morgan fingerprint density at radius 1 is 0.960 bits per heavy atom. The highest BCUT2D eigenvalue weighted by Gasteiger charge is 2.30. The molecule has 0 saturated heterocycles. The average molecular weight is 351 g/mol. The molecule has 0 spiro atoms. The van der Waals surface area contributed by atoms with E-state index in [0.717, 1.165) is 30.9 Å². The van der Waals surface area contributed by atoms with Gasteiger partial charge in [0.2, 0.25) is 0 Å². The standard InChI is InChI=1S/C18H20F3N3O/c1-2-3-4-5-12-25-16-9-7-15(8-10-16)23-24-17-11-6-14(13-22-17)18(19,20)21/h6-11,13H,2-5,12H2,1H3. The number of alkyl halides is 3. The van der Waals surface area contributed by atoms with Crippen LogP contribution in [-0.2, 0) is 6.18 Å². The second kappa shape index (κ2) is 9.15. The summed E-state index contributed by atoms with van der Waals surface area (Å²) in [7, 11) is 0. The Labute approximate surface area is 144 Å². The SMILES string of the molecule is CCCCCCOc1ccc(N=Nc2ccc(C(F)(F)F)cn2)cc1. The van der Waals surface area contributed by atoms with Crippen LogP contribution in [0, 0.1) is 0 Å². The summed E-state index contributed by atoms with van der Waals surface area (Å²) in [4.78, 5) is 3.64. The molecule has 0 saturated carbocycles. The molecule has 0 aliphatic rings. The van der Waals surface area contributed by atoms with Crippen molar-refractivity contribution >= 4 is 11.5 Å². The van der Waals surface area contributed by atoms with E-state index in [1.807, 2.05) is 0 Å². The maximum Gasteiger partial charge on any atom is 0.417 e. The number of nitrogens with zero attached hydrogens (tertiary/aromatic N) is 3. The molecule has 0 N–H and O–H groups in total. The summed E-state index contributed by atoms with van der Waals surface area (Å²) in [6.07, 6.45) is 0.908. The molecule has 0 aliphatic heterocycles. The smallest absolute Gasteiger partial charge is 0.417 e. The van der Waals surface area contributed by atoms with Crippen LogP contribution in [0.4, 0.5) is 24.7 Å². The third-order valence-corrected chi connectivity index (χ3v) is 3.45. The van der Waals surface area contributed by atoms with Crippen LogP contribution in [0.3, 0.4) is 0 Å². The molecular formula is C18H20F3N3O. The first-order chi connectivity index (χ1) is 12.0. The van der Waals surface area contributed by atoms with E-state index < -0.39 is 11.7 Å². The van der Waals surface area contributed by atoms with Gasteiger partial charge in [-0.05, 0) is 42.8 Å². The summed E-state index contributed by atoms with van der Waals surface area (Å²) in [6, 6.07) is 9.14. The predicted molar refractivity (Wildman–Crippen MR) is 89.5 cm³/mol. The Balaban J connectivity index is 1.87. The Morgan fingerprint density at radius 3 is 2.32 bits per heavy atom. The summed E-state index contributed by atoms with van der Waals surface area (Å²) < 4.78 is 43.0. The summed E-state index contributed by atoms with van der Waals surface area (Å²) in [5.74, 6) is 0.868. The Morgan fingerprint density at radius 2 is 1.72 bits per heavy atom. The van der Waals surface area contributed by atoms with E-state index >= 15 is 0 Å². The number of benzene rings is 1. The lowest BCUT2D eigenvalue weighted by molar-refractivity contribution is -0.137. The van der Waals surface area contributed by atoms with Gasteiger partial charge in [0.25, 0.3) is 0 Å². The second-order valence-corrected chi connectivity index (χ2v) is 5.51. The second-order valence-electron chi connectivity index (χ2n) is 5.51. The Bertz CT molecular complexity index is 667. The molecule has 1 aromatic carbocycles. The van der Waals surface area contributed by atoms with E-state index in [0.29, 0.717) is 12.3 Å². The monoisotopic (exact) mass is 351 g/mol. The Hall–Kier alpha value is -2.44. The van der Waals surface area contributed by atoms with Crippen LogP contribution in [0.25, 0.3) is 0 Å². The molecular weight excluding hydrogens is 331 g/mol. The van der Waals surface area contributed by atoms with Crippen LogP contribution in [0.15, 0.2) is 52.8 Å². The Kier molecular flexibility index (Phi) is 6.91. The predicted octanol–water partition coefficient (Wildman–Crippen LogP) is 6.47. The maximum absolute atomic E-state index is 12.5. The molecule has 0 atom stereocenters. The summed E-state index contributed by atoms with van der Waals surface area (Å²) >= 11 is 0. The van der Waals surface area contributed by atoms with Crippen molar-refractivity contribution in [3.63, 3.8) is 0 Å². The van der Waals surface area contributed by atoms with Gasteiger partial charge in [-0.2, -0.15) is 13.2 Å². The highest BCUT2D eigenvalue weighted by Crippen LogP contribution is 2.29. The molecule has 2 rings (SSSR count). The van der Waals surface area contributed by atoms with Gasteiger partial charge in [-0.3, -0.25) is 0 Å². The number of hydrogen-bond acceptors (Lipinski definition) is 4. The van der Waals surface area contributed by atoms with E-state index in [2.05, 4.69) is 22.1 Å². The molecule has 4 nitrogen and oxygen atoms in total. The van der Waals surface area contributed by atoms with E-state index in [9.17, 15) is 13.2 Å². The van der Waals surface area contributed by atoms with E-state index in [1.54, 1.807) is 24.3 Å². The molecule has 0 amide bonds. The van der Waals surface area contributed by atoms with Crippen LogP contribution in [-0.4, -0.2) is 11.6 Å². The van der Waals surface area contributed by atoms with Gasteiger partial charge in [-0.15, -0.1) is 10.2 Å². The fourth-order valence-electron chi connectivity index (χ4n) is 2.05. The summed E-state index contributed by atoms with van der Waals surface area (Å²) in [6.45, 7) is 2.84. The van der Waals surface area contributed by atoms with Crippen molar-refractivity contribution in [2.75, 3.05) is 6.61 Å². The first-order valence-electron chi connectivity index (χ1n) is 8.17. The van der Waals surface area contributed by atoms with Crippen molar-refractivity contribution in [1.82, 2.24) is 4.98 Å². The van der Waals surface area contributed by atoms with Crippen molar-refractivity contribution in [2.24, 2.45) is 10.2 Å². The molecule has 25 heavy (non-hydrogen) atoms. The van der Waals surface area contributed by atoms with E-state index in [4.69, 9.17) is 4.74 Å². The number of ether oxygens (including phenoxy) is 1. The largest absolute Gasteiger partial charge is 0.494 e. The third kappa shape index (κ3) is 6.52. The highest BCUT2D eigenvalue weighted by molar-refractivity contribution is 5.41. The van der Waals surface area contributed by atoms with Crippen molar-refractivity contribution < 1.29 is 17.9 Å². The van der Waals surface area contributed by atoms with Gasteiger partial charge in [-0.25, -0.2) is 4.98 Å². The maximum atomic E-state index is 12.5. The number of pyridine rings is 1. The minimum Gasteiger partial charge on any atom is -0.494 e. The molecule has 0 bridgehead atoms. The fraction of sp³-hybridized carbons (Fsp3) is 0.389. The molecule has 0 unspecified atom stereocenters. The van der Waals surface area contributed by atoms with Crippen molar-refractivity contribution in [1.29, 1.82) is 0 Å². The number of rotatable bonds is 8. The fourth-order valence-corrected chi connectivity index (χ4v) is 2.05. The zero-order chi connectivity index (χ0) is 18.1. The number of azo groups is 1. The molecule has 134 valence electrons. The van der Waals surface area contributed by atoms with Crippen molar-refractivity contribution in [2.45, 2.75) is 38.8 Å². The molecule has 0 aliphatic carbocycles. The number of unbranched alkanes of at least 4 members (excludes halogenated alkanes) is 3. The lowest BCUT2D eigenvalue weighted by Gasteiger charge is -2.05.